The van der Waals surface area contributed by atoms with Crippen LogP contribution in [0.3, 0.4) is 0 Å². The van der Waals surface area contributed by atoms with Crippen LogP contribution in [0.2, 0.25) is 0 Å². The maximum Gasteiger partial charge on any atom is 0.0285 e. The SMILES string of the molecule is NC(CCCc1cc(Br)cs1)C1CC1. The molecule has 0 aromatic carbocycles. The first-order valence-corrected chi connectivity index (χ1v) is 6.91. The predicted octanol–water partition coefficient (Wildman–Crippen LogP) is 3.57. The van der Waals surface area contributed by atoms with Gasteiger partial charge >= 0.3 is 0 Å². The van der Waals surface area contributed by atoms with Crippen molar-refractivity contribution in [1.82, 2.24) is 0 Å². The molecule has 1 aromatic rings. The molecule has 1 atom stereocenters. The van der Waals surface area contributed by atoms with Crippen LogP contribution in [0.25, 0.3) is 0 Å². The Bertz CT molecular complexity index is 293. The van der Waals surface area contributed by atoms with Crippen LogP contribution in [-0.2, 0) is 6.42 Å². The second kappa shape index (κ2) is 4.77. The van der Waals surface area contributed by atoms with Gasteiger partial charge in [-0.15, -0.1) is 11.3 Å². The van der Waals surface area contributed by atoms with Gasteiger partial charge in [0.15, 0.2) is 0 Å². The largest absolute Gasteiger partial charge is 0.327 e. The second-order valence-corrected chi connectivity index (χ2v) is 6.04. The lowest BCUT2D eigenvalue weighted by molar-refractivity contribution is 0.530. The highest BCUT2D eigenvalue weighted by molar-refractivity contribution is 9.10. The average molecular weight is 274 g/mol. The minimum atomic E-state index is 0.471. The summed E-state index contributed by atoms with van der Waals surface area (Å²) in [5.41, 5.74) is 6.04. The first-order valence-electron chi connectivity index (χ1n) is 5.24. The molecule has 0 aliphatic heterocycles. The van der Waals surface area contributed by atoms with Gasteiger partial charge in [0.1, 0.15) is 0 Å². The van der Waals surface area contributed by atoms with Gasteiger partial charge in [-0.05, 0) is 60.0 Å². The molecule has 1 nitrogen and oxygen atoms in total. The van der Waals surface area contributed by atoms with Crippen LogP contribution >= 0.6 is 27.3 Å². The zero-order valence-electron chi connectivity index (χ0n) is 8.21. The lowest BCUT2D eigenvalue weighted by atomic mass is 10.1. The molecule has 2 N–H and O–H groups in total. The molecule has 1 fully saturated rings. The fourth-order valence-electron chi connectivity index (χ4n) is 1.76. The third-order valence-electron chi connectivity index (χ3n) is 2.81. The van der Waals surface area contributed by atoms with Crippen molar-refractivity contribution in [2.75, 3.05) is 0 Å². The van der Waals surface area contributed by atoms with Gasteiger partial charge < -0.3 is 5.73 Å². The summed E-state index contributed by atoms with van der Waals surface area (Å²) >= 11 is 5.31. The van der Waals surface area contributed by atoms with E-state index < -0.39 is 0 Å². The van der Waals surface area contributed by atoms with Crippen molar-refractivity contribution in [2.24, 2.45) is 11.7 Å². The van der Waals surface area contributed by atoms with Gasteiger partial charge in [0.25, 0.3) is 0 Å². The summed E-state index contributed by atoms with van der Waals surface area (Å²) in [6.07, 6.45) is 6.36. The van der Waals surface area contributed by atoms with Gasteiger partial charge in [-0.3, -0.25) is 0 Å². The summed E-state index contributed by atoms with van der Waals surface area (Å²) in [5, 5.41) is 2.15. The van der Waals surface area contributed by atoms with E-state index in [1.165, 1.54) is 41.5 Å². The van der Waals surface area contributed by atoms with Crippen molar-refractivity contribution in [3.8, 4) is 0 Å². The normalized spacial score (nSPS) is 18.4. The molecule has 1 aliphatic carbocycles. The van der Waals surface area contributed by atoms with E-state index in [-0.39, 0.29) is 0 Å². The fraction of sp³-hybridized carbons (Fsp3) is 0.636. The Morgan fingerprint density at radius 3 is 2.93 bits per heavy atom. The van der Waals surface area contributed by atoms with Crippen LogP contribution in [0.15, 0.2) is 15.9 Å². The van der Waals surface area contributed by atoms with Gasteiger partial charge in [0.2, 0.25) is 0 Å². The van der Waals surface area contributed by atoms with E-state index in [1.54, 1.807) is 0 Å². The minimum absolute atomic E-state index is 0.471. The molecule has 1 aliphatic rings. The molecule has 3 heteroatoms. The van der Waals surface area contributed by atoms with E-state index in [4.69, 9.17) is 5.73 Å². The Morgan fingerprint density at radius 2 is 2.36 bits per heavy atom. The van der Waals surface area contributed by atoms with E-state index in [9.17, 15) is 0 Å². The fourth-order valence-corrected chi connectivity index (χ4v) is 3.25. The smallest absolute Gasteiger partial charge is 0.0285 e. The van der Waals surface area contributed by atoms with Crippen LogP contribution < -0.4 is 5.73 Å². The van der Waals surface area contributed by atoms with E-state index in [2.05, 4.69) is 27.4 Å². The molecule has 0 radical (unpaired) electrons. The summed E-state index contributed by atoms with van der Waals surface area (Å²) in [4.78, 5) is 1.47. The number of thiophene rings is 1. The molecule has 14 heavy (non-hydrogen) atoms. The highest BCUT2D eigenvalue weighted by Crippen LogP contribution is 2.33. The second-order valence-electron chi connectivity index (χ2n) is 4.12. The molecule has 1 heterocycles. The highest BCUT2D eigenvalue weighted by Gasteiger charge is 2.27. The Labute approximate surface area is 97.8 Å². The van der Waals surface area contributed by atoms with Gasteiger partial charge in [-0.2, -0.15) is 0 Å². The molecule has 78 valence electrons. The van der Waals surface area contributed by atoms with Crippen molar-refractivity contribution in [1.29, 1.82) is 0 Å². The van der Waals surface area contributed by atoms with Gasteiger partial charge in [0, 0.05) is 20.8 Å². The lowest BCUT2D eigenvalue weighted by Gasteiger charge is -2.08. The number of hydrogen-bond acceptors (Lipinski definition) is 2. The van der Waals surface area contributed by atoms with Crippen molar-refractivity contribution in [3.05, 3.63) is 20.8 Å². The number of hydrogen-bond donors (Lipinski definition) is 1. The monoisotopic (exact) mass is 273 g/mol. The molecule has 2 rings (SSSR count). The first-order chi connectivity index (χ1) is 6.75. The number of nitrogens with two attached hydrogens (primary N) is 1. The zero-order valence-corrected chi connectivity index (χ0v) is 10.6. The summed E-state index contributed by atoms with van der Waals surface area (Å²) in [7, 11) is 0. The van der Waals surface area contributed by atoms with Gasteiger partial charge in [-0.1, -0.05) is 0 Å². The highest BCUT2D eigenvalue weighted by atomic mass is 79.9. The van der Waals surface area contributed by atoms with Crippen molar-refractivity contribution in [2.45, 2.75) is 38.1 Å². The third-order valence-corrected chi connectivity index (χ3v) is 4.57. The quantitative estimate of drug-likeness (QED) is 0.872. The Balaban J connectivity index is 1.67. The summed E-state index contributed by atoms with van der Waals surface area (Å²) < 4.78 is 1.21. The molecule has 1 saturated carbocycles. The van der Waals surface area contributed by atoms with Crippen LogP contribution in [-0.4, -0.2) is 6.04 Å². The third kappa shape index (κ3) is 3.07. The summed E-state index contributed by atoms with van der Waals surface area (Å²) in [5.74, 6) is 0.852. The van der Waals surface area contributed by atoms with Crippen molar-refractivity contribution in [3.63, 3.8) is 0 Å². The Kier molecular flexibility index (Phi) is 3.63. The standard InChI is InChI=1S/C11H16BrNS/c12-9-6-10(14-7-9)2-1-3-11(13)8-4-5-8/h6-8,11H,1-5,13H2. The van der Waals surface area contributed by atoms with Crippen molar-refractivity contribution < 1.29 is 0 Å². The molecular weight excluding hydrogens is 258 g/mol. The first kappa shape index (κ1) is 10.7. The van der Waals surface area contributed by atoms with Crippen LogP contribution in [0.5, 0.6) is 0 Å². The lowest BCUT2D eigenvalue weighted by Crippen LogP contribution is -2.22. The molecule has 0 spiro atoms. The molecule has 1 aromatic heterocycles. The molecule has 1 unspecified atom stereocenters. The van der Waals surface area contributed by atoms with E-state index in [1.807, 2.05) is 11.3 Å². The van der Waals surface area contributed by atoms with Crippen LogP contribution in [0.4, 0.5) is 0 Å². The number of aryl methyl sites for hydroxylation is 1. The predicted molar refractivity (Wildman–Crippen MR) is 65.7 cm³/mol. The van der Waals surface area contributed by atoms with Crippen LogP contribution in [0.1, 0.15) is 30.6 Å². The Hall–Kier alpha value is 0.140. The number of rotatable bonds is 5. The minimum Gasteiger partial charge on any atom is -0.327 e. The number of halogens is 1. The molecule has 0 bridgehead atoms. The Morgan fingerprint density at radius 1 is 1.57 bits per heavy atom. The van der Waals surface area contributed by atoms with Crippen LogP contribution in [0, 0.1) is 5.92 Å². The molecule has 0 amide bonds. The van der Waals surface area contributed by atoms with Crippen molar-refractivity contribution >= 4 is 27.3 Å². The van der Waals surface area contributed by atoms with E-state index >= 15 is 0 Å². The maximum atomic E-state index is 6.04. The van der Waals surface area contributed by atoms with Gasteiger partial charge in [0.05, 0.1) is 0 Å². The maximum absolute atomic E-state index is 6.04. The zero-order chi connectivity index (χ0) is 9.97. The topological polar surface area (TPSA) is 26.0 Å². The van der Waals surface area contributed by atoms with E-state index in [0.29, 0.717) is 6.04 Å². The molecular formula is C11H16BrNS. The van der Waals surface area contributed by atoms with Gasteiger partial charge in [-0.25, -0.2) is 0 Å². The van der Waals surface area contributed by atoms with E-state index in [0.717, 1.165) is 5.92 Å². The summed E-state index contributed by atoms with van der Waals surface area (Å²) in [6.45, 7) is 0. The summed E-state index contributed by atoms with van der Waals surface area (Å²) in [6, 6.07) is 2.69. The average Bonchev–Trinajstić information content (AvgIpc) is 2.92. The molecule has 0 saturated heterocycles.